The van der Waals surface area contributed by atoms with Crippen LogP contribution in [0.2, 0.25) is 0 Å². The van der Waals surface area contributed by atoms with E-state index in [1.54, 1.807) is 0 Å². The van der Waals surface area contributed by atoms with Gasteiger partial charge in [-0.05, 0) is 62.6 Å². The topological polar surface area (TPSA) is 27.7 Å². The van der Waals surface area contributed by atoms with Crippen LogP contribution in [0.15, 0.2) is 12.1 Å². The molecule has 0 aliphatic rings. The molecule has 34 heavy (non-hydrogen) atoms. The lowest BCUT2D eigenvalue weighted by Crippen LogP contribution is -2.47. The molecule has 0 aromatic heterocycles. The fourth-order valence-corrected chi connectivity index (χ4v) is 4.19. The highest BCUT2D eigenvalue weighted by molar-refractivity contribution is 5.19. The first-order chi connectivity index (χ1) is 16.4. The highest BCUT2D eigenvalue weighted by atomic mass is 19.2. The SMILES string of the molecule is CCCCCCCCC(CCCc1cc(F)c(F)c(F)c1)C(OCCC)(OCCC)OCCC. The number of hydrogen-bond donors (Lipinski definition) is 0. The zero-order valence-electron chi connectivity index (χ0n) is 21.9. The summed E-state index contributed by atoms with van der Waals surface area (Å²) in [5, 5.41) is 0. The van der Waals surface area contributed by atoms with E-state index < -0.39 is 23.4 Å². The second kappa shape index (κ2) is 18.2. The van der Waals surface area contributed by atoms with Crippen LogP contribution in [-0.2, 0) is 20.6 Å². The number of hydrogen-bond acceptors (Lipinski definition) is 3. The monoisotopic (exact) mass is 488 g/mol. The minimum absolute atomic E-state index is 0.00142. The summed E-state index contributed by atoms with van der Waals surface area (Å²) in [7, 11) is 0. The van der Waals surface area contributed by atoms with Crippen molar-refractivity contribution in [2.75, 3.05) is 19.8 Å². The van der Waals surface area contributed by atoms with Crippen LogP contribution in [0.3, 0.4) is 0 Å². The molecule has 0 heterocycles. The van der Waals surface area contributed by atoms with E-state index in [1.165, 1.54) is 25.7 Å². The van der Waals surface area contributed by atoms with E-state index in [4.69, 9.17) is 14.2 Å². The van der Waals surface area contributed by atoms with Crippen molar-refractivity contribution in [3.63, 3.8) is 0 Å². The third-order valence-electron chi connectivity index (χ3n) is 5.99. The Morgan fingerprint density at radius 2 is 1.12 bits per heavy atom. The Morgan fingerprint density at radius 3 is 1.62 bits per heavy atom. The molecule has 0 saturated carbocycles. The van der Waals surface area contributed by atoms with E-state index in [0.717, 1.165) is 57.1 Å². The van der Waals surface area contributed by atoms with Gasteiger partial charge in [0.15, 0.2) is 17.5 Å². The summed E-state index contributed by atoms with van der Waals surface area (Å²) in [6.07, 6.45) is 12.4. The quantitative estimate of drug-likeness (QED) is 0.0983. The largest absolute Gasteiger partial charge is 0.327 e. The molecular weight excluding hydrogens is 441 g/mol. The maximum atomic E-state index is 13.7. The summed E-state index contributed by atoms with van der Waals surface area (Å²) in [5.41, 5.74) is 0.457. The minimum atomic E-state index is -1.42. The molecule has 0 aliphatic carbocycles. The Kier molecular flexibility index (Phi) is 16.6. The molecule has 0 bridgehead atoms. The van der Waals surface area contributed by atoms with E-state index >= 15 is 0 Å². The van der Waals surface area contributed by atoms with E-state index in [2.05, 4.69) is 27.7 Å². The fraction of sp³-hybridized carbons (Fsp3) is 0.786. The van der Waals surface area contributed by atoms with Gasteiger partial charge >= 0.3 is 0 Å². The predicted octanol–water partition coefficient (Wildman–Crippen LogP) is 8.73. The normalized spacial score (nSPS) is 12.9. The van der Waals surface area contributed by atoms with Gasteiger partial charge in [0.1, 0.15) is 0 Å². The van der Waals surface area contributed by atoms with Crippen molar-refractivity contribution in [1.82, 2.24) is 0 Å². The molecule has 198 valence electrons. The number of unbranched alkanes of at least 4 members (excludes halogenated alkanes) is 5. The van der Waals surface area contributed by atoms with Gasteiger partial charge in [-0.2, -0.15) is 0 Å². The first-order valence-electron chi connectivity index (χ1n) is 13.5. The van der Waals surface area contributed by atoms with Crippen molar-refractivity contribution in [1.29, 1.82) is 0 Å². The Hall–Kier alpha value is -1.11. The van der Waals surface area contributed by atoms with Gasteiger partial charge in [-0.25, -0.2) is 13.2 Å². The Morgan fingerprint density at radius 1 is 0.647 bits per heavy atom. The molecule has 0 radical (unpaired) electrons. The van der Waals surface area contributed by atoms with E-state index in [-0.39, 0.29) is 5.92 Å². The third kappa shape index (κ3) is 11.1. The zero-order valence-corrected chi connectivity index (χ0v) is 21.9. The number of rotatable bonds is 21. The lowest BCUT2D eigenvalue weighted by atomic mass is 9.91. The van der Waals surface area contributed by atoms with Crippen molar-refractivity contribution in [2.24, 2.45) is 5.92 Å². The van der Waals surface area contributed by atoms with Crippen molar-refractivity contribution >= 4 is 0 Å². The molecule has 0 fully saturated rings. The molecule has 1 rings (SSSR count). The molecule has 1 aromatic rings. The average Bonchev–Trinajstić information content (AvgIpc) is 2.83. The summed E-state index contributed by atoms with van der Waals surface area (Å²) in [6.45, 7) is 10.0. The predicted molar refractivity (Wildman–Crippen MR) is 132 cm³/mol. The lowest BCUT2D eigenvalue weighted by molar-refractivity contribution is -0.406. The molecule has 0 N–H and O–H groups in total. The zero-order chi connectivity index (χ0) is 25.2. The molecule has 0 aliphatic heterocycles. The van der Waals surface area contributed by atoms with Crippen molar-refractivity contribution in [3.05, 3.63) is 35.1 Å². The van der Waals surface area contributed by atoms with E-state index in [0.29, 0.717) is 38.2 Å². The molecule has 6 heteroatoms. The van der Waals surface area contributed by atoms with Crippen LogP contribution >= 0.6 is 0 Å². The van der Waals surface area contributed by atoms with Gasteiger partial charge in [0, 0.05) is 5.92 Å². The van der Waals surface area contributed by atoms with E-state index in [1.807, 2.05) is 0 Å². The summed E-state index contributed by atoms with van der Waals surface area (Å²) in [5.74, 6) is -4.81. The van der Waals surface area contributed by atoms with Crippen molar-refractivity contribution in [2.45, 2.75) is 117 Å². The van der Waals surface area contributed by atoms with Crippen LogP contribution in [0, 0.1) is 23.4 Å². The van der Waals surface area contributed by atoms with Crippen molar-refractivity contribution < 1.29 is 27.4 Å². The molecule has 0 spiro atoms. The maximum Gasteiger partial charge on any atom is 0.285 e. The summed E-state index contributed by atoms with van der Waals surface area (Å²) in [4.78, 5) is 0. The minimum Gasteiger partial charge on any atom is -0.327 e. The first kappa shape index (κ1) is 30.9. The molecule has 0 amide bonds. The smallest absolute Gasteiger partial charge is 0.285 e. The highest BCUT2D eigenvalue weighted by Crippen LogP contribution is 2.35. The van der Waals surface area contributed by atoms with Crippen LogP contribution in [0.1, 0.15) is 110 Å². The third-order valence-corrected chi connectivity index (χ3v) is 5.99. The summed E-state index contributed by atoms with van der Waals surface area (Å²) in [6, 6.07) is 2.17. The molecule has 1 atom stereocenters. The molecule has 1 aromatic carbocycles. The van der Waals surface area contributed by atoms with Crippen molar-refractivity contribution in [3.8, 4) is 0 Å². The standard InChI is InChI=1S/C28H47F3O3/c1-5-9-10-11-12-13-16-24(17-14-15-23-21-25(29)27(31)26(30)22-23)28(32-18-6-2,33-19-7-3)34-20-8-4/h21-22,24H,5-20H2,1-4H3. The van der Waals surface area contributed by atoms with E-state index in [9.17, 15) is 13.2 Å². The van der Waals surface area contributed by atoms with Crippen LogP contribution < -0.4 is 0 Å². The van der Waals surface area contributed by atoms with Crippen LogP contribution in [-0.4, -0.2) is 25.8 Å². The fourth-order valence-electron chi connectivity index (χ4n) is 4.19. The molecule has 0 saturated heterocycles. The Labute approximate surface area is 205 Å². The molecule has 3 nitrogen and oxygen atoms in total. The average molecular weight is 489 g/mol. The van der Waals surface area contributed by atoms with Gasteiger partial charge in [-0.1, -0.05) is 66.2 Å². The van der Waals surface area contributed by atoms with Crippen LogP contribution in [0.25, 0.3) is 0 Å². The summed E-state index contributed by atoms with van der Waals surface area (Å²) >= 11 is 0. The maximum absolute atomic E-state index is 13.7. The number of aryl methyl sites for hydroxylation is 1. The van der Waals surface area contributed by atoms with Gasteiger partial charge in [-0.15, -0.1) is 0 Å². The number of halogens is 3. The molecule has 1 unspecified atom stereocenters. The second-order valence-corrected chi connectivity index (χ2v) is 9.17. The van der Waals surface area contributed by atoms with Gasteiger partial charge in [0.25, 0.3) is 5.97 Å². The van der Waals surface area contributed by atoms with Gasteiger partial charge in [-0.3, -0.25) is 0 Å². The Balaban J connectivity index is 2.97. The highest BCUT2D eigenvalue weighted by Gasteiger charge is 2.42. The lowest BCUT2D eigenvalue weighted by Gasteiger charge is -2.40. The van der Waals surface area contributed by atoms with Gasteiger partial charge in [0.05, 0.1) is 19.8 Å². The van der Waals surface area contributed by atoms with Crippen LogP contribution in [0.4, 0.5) is 13.2 Å². The van der Waals surface area contributed by atoms with Gasteiger partial charge in [0.2, 0.25) is 0 Å². The molecular formula is C28H47F3O3. The number of benzene rings is 1. The first-order valence-corrected chi connectivity index (χ1v) is 13.5. The summed E-state index contributed by atoms with van der Waals surface area (Å²) < 4.78 is 59.5. The number of ether oxygens (including phenoxy) is 3. The second-order valence-electron chi connectivity index (χ2n) is 9.17. The Bertz CT molecular complexity index is 609. The van der Waals surface area contributed by atoms with Gasteiger partial charge < -0.3 is 14.2 Å². The van der Waals surface area contributed by atoms with Crippen LogP contribution in [0.5, 0.6) is 0 Å².